The summed E-state index contributed by atoms with van der Waals surface area (Å²) in [5.41, 5.74) is 3.37. The summed E-state index contributed by atoms with van der Waals surface area (Å²) in [4.78, 5) is 21.4. The van der Waals surface area contributed by atoms with E-state index in [1.165, 1.54) is 0 Å². The summed E-state index contributed by atoms with van der Waals surface area (Å²) in [5.74, 6) is 0.0575. The number of carbonyl (C=O) groups excluding carboxylic acids is 1. The summed E-state index contributed by atoms with van der Waals surface area (Å²) < 4.78 is 2.91. The van der Waals surface area contributed by atoms with Crippen molar-refractivity contribution < 1.29 is 4.79 Å². The van der Waals surface area contributed by atoms with Gasteiger partial charge in [0.15, 0.2) is 0 Å². The standard InChI is InChI=1S/C21H15N5OS/c1-26-12-17(11-23-26)13-2-3-16-10-22-21(24-18(16)9-13)25-20(27)15-4-5-19-14(8-15)6-7-28-19/h2-12H,1H3,(H,22,24,25,27). The second-order valence-electron chi connectivity index (χ2n) is 6.50. The summed E-state index contributed by atoms with van der Waals surface area (Å²) in [5, 5.41) is 11.0. The molecule has 0 fully saturated rings. The number of anilines is 1. The summed E-state index contributed by atoms with van der Waals surface area (Å²) in [6.45, 7) is 0. The molecule has 0 unspecified atom stereocenters. The maximum absolute atomic E-state index is 12.6. The molecule has 0 spiro atoms. The first-order chi connectivity index (χ1) is 13.7. The first kappa shape index (κ1) is 16.6. The molecule has 2 aromatic carbocycles. The van der Waals surface area contributed by atoms with Gasteiger partial charge >= 0.3 is 0 Å². The monoisotopic (exact) mass is 385 g/mol. The average Bonchev–Trinajstić information content (AvgIpc) is 3.35. The Labute approximate surface area is 164 Å². The van der Waals surface area contributed by atoms with Crippen LogP contribution in [0.3, 0.4) is 0 Å². The van der Waals surface area contributed by atoms with Crippen LogP contribution in [0.1, 0.15) is 10.4 Å². The van der Waals surface area contributed by atoms with Crippen molar-refractivity contribution in [2.45, 2.75) is 0 Å². The number of rotatable bonds is 3. The molecule has 3 aromatic heterocycles. The molecule has 6 nitrogen and oxygen atoms in total. The highest BCUT2D eigenvalue weighted by Crippen LogP contribution is 2.24. The van der Waals surface area contributed by atoms with E-state index < -0.39 is 0 Å². The average molecular weight is 385 g/mol. The molecule has 0 aliphatic rings. The van der Waals surface area contributed by atoms with Crippen molar-refractivity contribution in [3.8, 4) is 11.1 Å². The Morgan fingerprint density at radius 3 is 2.82 bits per heavy atom. The molecule has 28 heavy (non-hydrogen) atoms. The molecule has 1 N–H and O–H groups in total. The van der Waals surface area contributed by atoms with E-state index in [1.54, 1.807) is 22.2 Å². The van der Waals surface area contributed by atoms with Gasteiger partial charge < -0.3 is 0 Å². The molecule has 0 atom stereocenters. The fraction of sp³-hybridized carbons (Fsp3) is 0.0476. The van der Waals surface area contributed by atoms with Crippen LogP contribution in [0.15, 0.2) is 66.4 Å². The van der Waals surface area contributed by atoms with Crippen LogP contribution in [0.25, 0.3) is 32.1 Å². The molecular formula is C21H15N5OS. The van der Waals surface area contributed by atoms with Gasteiger partial charge in [-0.25, -0.2) is 9.97 Å². The summed E-state index contributed by atoms with van der Waals surface area (Å²) in [6, 6.07) is 13.6. The minimum atomic E-state index is -0.226. The fourth-order valence-corrected chi connectivity index (χ4v) is 3.89. The normalized spacial score (nSPS) is 11.2. The number of benzene rings is 2. The third-order valence-electron chi connectivity index (χ3n) is 4.56. The molecule has 7 heteroatoms. The molecule has 0 bridgehead atoms. The van der Waals surface area contributed by atoms with Crippen LogP contribution in [0.2, 0.25) is 0 Å². The number of amides is 1. The SMILES string of the molecule is Cn1cc(-c2ccc3cnc(NC(=O)c4ccc5sccc5c4)nc3c2)cn1. The topological polar surface area (TPSA) is 72.7 Å². The van der Waals surface area contributed by atoms with Crippen LogP contribution in [0.5, 0.6) is 0 Å². The zero-order valence-corrected chi connectivity index (χ0v) is 15.8. The Bertz CT molecular complexity index is 1340. The van der Waals surface area contributed by atoms with Gasteiger partial charge in [0, 0.05) is 40.7 Å². The Morgan fingerprint density at radius 2 is 1.96 bits per heavy atom. The lowest BCUT2D eigenvalue weighted by Gasteiger charge is -2.06. The van der Waals surface area contributed by atoms with Gasteiger partial charge in [0.1, 0.15) is 0 Å². The van der Waals surface area contributed by atoms with E-state index in [2.05, 4.69) is 20.4 Å². The lowest BCUT2D eigenvalue weighted by molar-refractivity contribution is 0.102. The number of aromatic nitrogens is 4. The van der Waals surface area contributed by atoms with E-state index in [0.717, 1.165) is 32.1 Å². The van der Waals surface area contributed by atoms with Crippen molar-refractivity contribution in [3.63, 3.8) is 0 Å². The van der Waals surface area contributed by atoms with Gasteiger partial charge in [-0.2, -0.15) is 5.10 Å². The highest BCUT2D eigenvalue weighted by molar-refractivity contribution is 7.17. The minimum Gasteiger partial charge on any atom is -0.290 e. The van der Waals surface area contributed by atoms with E-state index in [0.29, 0.717) is 5.56 Å². The number of hydrogen-bond acceptors (Lipinski definition) is 5. The first-order valence-corrected chi connectivity index (χ1v) is 9.58. The van der Waals surface area contributed by atoms with Crippen molar-refractivity contribution in [1.29, 1.82) is 0 Å². The van der Waals surface area contributed by atoms with Crippen molar-refractivity contribution >= 4 is 44.2 Å². The third-order valence-corrected chi connectivity index (χ3v) is 5.46. The molecular weight excluding hydrogens is 370 g/mol. The maximum atomic E-state index is 12.6. The van der Waals surface area contributed by atoms with Crippen LogP contribution >= 0.6 is 11.3 Å². The number of nitrogens with one attached hydrogen (secondary N) is 1. The summed E-state index contributed by atoms with van der Waals surface area (Å²) in [6.07, 6.45) is 5.48. The van der Waals surface area contributed by atoms with Crippen LogP contribution in [0, 0.1) is 0 Å². The van der Waals surface area contributed by atoms with Crippen molar-refractivity contribution in [3.05, 3.63) is 72.0 Å². The minimum absolute atomic E-state index is 0.226. The molecule has 5 rings (SSSR count). The van der Waals surface area contributed by atoms with Gasteiger partial charge in [-0.15, -0.1) is 11.3 Å². The molecule has 0 saturated heterocycles. The van der Waals surface area contributed by atoms with Crippen LogP contribution in [0.4, 0.5) is 5.95 Å². The Balaban J connectivity index is 1.45. The van der Waals surface area contributed by atoms with E-state index in [4.69, 9.17) is 0 Å². The highest BCUT2D eigenvalue weighted by atomic mass is 32.1. The van der Waals surface area contributed by atoms with Gasteiger partial charge in [0.2, 0.25) is 5.95 Å². The number of thiophene rings is 1. The summed E-state index contributed by atoms with van der Waals surface area (Å²) in [7, 11) is 1.88. The lowest BCUT2D eigenvalue weighted by atomic mass is 10.1. The largest absolute Gasteiger partial charge is 0.290 e. The van der Waals surface area contributed by atoms with E-state index >= 15 is 0 Å². The Kier molecular flexibility index (Phi) is 3.87. The molecule has 1 amide bonds. The number of fused-ring (bicyclic) bond motifs is 2. The van der Waals surface area contributed by atoms with Gasteiger partial charge in [-0.3, -0.25) is 14.8 Å². The molecule has 0 aliphatic carbocycles. The number of nitrogens with zero attached hydrogens (tertiary/aromatic N) is 4. The summed E-state index contributed by atoms with van der Waals surface area (Å²) >= 11 is 1.65. The lowest BCUT2D eigenvalue weighted by Crippen LogP contribution is -2.14. The first-order valence-electron chi connectivity index (χ1n) is 8.70. The van der Waals surface area contributed by atoms with Crippen LogP contribution in [-0.2, 0) is 7.05 Å². The molecule has 0 aliphatic heterocycles. The fourth-order valence-electron chi connectivity index (χ4n) is 3.12. The van der Waals surface area contributed by atoms with Crippen LogP contribution in [-0.4, -0.2) is 25.7 Å². The van der Waals surface area contributed by atoms with Crippen molar-refractivity contribution in [1.82, 2.24) is 19.7 Å². The molecule has 3 heterocycles. The smallest absolute Gasteiger partial charge is 0.258 e. The molecule has 0 saturated carbocycles. The molecule has 136 valence electrons. The number of hydrogen-bond donors (Lipinski definition) is 1. The predicted octanol–water partition coefficient (Wildman–Crippen LogP) is 4.50. The predicted molar refractivity (Wildman–Crippen MR) is 112 cm³/mol. The van der Waals surface area contributed by atoms with Gasteiger partial charge in [-0.05, 0) is 46.7 Å². The maximum Gasteiger partial charge on any atom is 0.258 e. The second-order valence-corrected chi connectivity index (χ2v) is 7.44. The zero-order chi connectivity index (χ0) is 19.1. The molecule has 5 aromatic rings. The molecule has 0 radical (unpaired) electrons. The second kappa shape index (κ2) is 6.54. The van der Waals surface area contributed by atoms with E-state index in [-0.39, 0.29) is 11.9 Å². The number of carbonyl (C=O) groups is 1. The Morgan fingerprint density at radius 1 is 1.04 bits per heavy atom. The quantitative estimate of drug-likeness (QED) is 0.496. The van der Waals surface area contributed by atoms with E-state index in [1.807, 2.05) is 67.3 Å². The van der Waals surface area contributed by atoms with Gasteiger partial charge in [0.05, 0.1) is 11.7 Å². The van der Waals surface area contributed by atoms with Gasteiger partial charge in [-0.1, -0.05) is 12.1 Å². The van der Waals surface area contributed by atoms with Crippen LogP contribution < -0.4 is 5.32 Å². The van der Waals surface area contributed by atoms with E-state index in [9.17, 15) is 4.79 Å². The van der Waals surface area contributed by atoms with Gasteiger partial charge in [0.25, 0.3) is 5.91 Å². The van der Waals surface area contributed by atoms with Crippen molar-refractivity contribution in [2.24, 2.45) is 7.05 Å². The highest BCUT2D eigenvalue weighted by Gasteiger charge is 2.10. The van der Waals surface area contributed by atoms with Crippen molar-refractivity contribution in [2.75, 3.05) is 5.32 Å². The zero-order valence-electron chi connectivity index (χ0n) is 15.0. The third kappa shape index (κ3) is 3.01. The Hall–Kier alpha value is -3.58. The number of aryl methyl sites for hydroxylation is 1.